The molecule has 2 aromatic rings. The Hall–Kier alpha value is -2.13. The second kappa shape index (κ2) is 8.82. The molecule has 0 unspecified atom stereocenters. The molecule has 2 aromatic carbocycles. The van der Waals surface area contributed by atoms with Crippen LogP contribution >= 0.6 is 0 Å². The standard InChI is InChI=1S/C22H28N2O/c1-18-7-5-6-10-21(18)17-24-15-12-20(13-16-24)22(25)23-14-11-19-8-3-2-4-9-19/h2-10,20H,11-17H2,1H3,(H,23,25). The summed E-state index contributed by atoms with van der Waals surface area (Å²) in [4.78, 5) is 14.8. The fraction of sp³-hybridized carbons (Fsp3) is 0.409. The number of rotatable bonds is 6. The zero-order valence-corrected chi connectivity index (χ0v) is 15.1. The van der Waals surface area contributed by atoms with Crippen LogP contribution in [0.15, 0.2) is 54.6 Å². The minimum absolute atomic E-state index is 0.170. The maximum Gasteiger partial charge on any atom is 0.223 e. The molecule has 3 heteroatoms. The van der Waals surface area contributed by atoms with Gasteiger partial charge < -0.3 is 5.32 Å². The highest BCUT2D eigenvalue weighted by atomic mass is 16.1. The molecule has 1 aliphatic rings. The number of nitrogens with zero attached hydrogens (tertiary/aromatic N) is 1. The van der Waals surface area contributed by atoms with Gasteiger partial charge in [0.15, 0.2) is 0 Å². The zero-order valence-electron chi connectivity index (χ0n) is 15.1. The maximum absolute atomic E-state index is 12.4. The summed E-state index contributed by atoms with van der Waals surface area (Å²) >= 11 is 0. The number of hydrogen-bond acceptors (Lipinski definition) is 2. The lowest BCUT2D eigenvalue weighted by atomic mass is 9.95. The average Bonchev–Trinajstić information content (AvgIpc) is 2.65. The number of nitrogens with one attached hydrogen (secondary N) is 1. The van der Waals surface area contributed by atoms with E-state index in [9.17, 15) is 4.79 Å². The van der Waals surface area contributed by atoms with Gasteiger partial charge in [-0.2, -0.15) is 0 Å². The fourth-order valence-electron chi connectivity index (χ4n) is 3.50. The van der Waals surface area contributed by atoms with Crippen molar-refractivity contribution in [3.8, 4) is 0 Å². The number of amides is 1. The molecule has 0 saturated carbocycles. The molecule has 3 rings (SSSR count). The van der Waals surface area contributed by atoms with Gasteiger partial charge in [0.1, 0.15) is 0 Å². The van der Waals surface area contributed by atoms with Gasteiger partial charge in [0.2, 0.25) is 5.91 Å². The molecule has 1 N–H and O–H groups in total. The van der Waals surface area contributed by atoms with Crippen molar-refractivity contribution in [2.24, 2.45) is 5.92 Å². The van der Waals surface area contributed by atoms with Gasteiger partial charge in [0, 0.05) is 19.0 Å². The zero-order chi connectivity index (χ0) is 17.5. The van der Waals surface area contributed by atoms with Gasteiger partial charge in [-0.1, -0.05) is 54.6 Å². The molecule has 1 aliphatic heterocycles. The minimum Gasteiger partial charge on any atom is -0.356 e. The van der Waals surface area contributed by atoms with E-state index in [1.54, 1.807) is 0 Å². The van der Waals surface area contributed by atoms with Crippen molar-refractivity contribution in [3.63, 3.8) is 0 Å². The Morgan fingerprint density at radius 3 is 2.44 bits per heavy atom. The first-order valence-corrected chi connectivity index (χ1v) is 9.31. The molecule has 0 atom stereocenters. The SMILES string of the molecule is Cc1ccccc1CN1CCC(C(=O)NCCc2ccccc2)CC1. The molecule has 132 valence electrons. The Labute approximate surface area is 151 Å². The van der Waals surface area contributed by atoms with E-state index in [0.717, 1.165) is 45.4 Å². The molecule has 0 aromatic heterocycles. The highest BCUT2D eigenvalue weighted by Crippen LogP contribution is 2.20. The van der Waals surface area contributed by atoms with Crippen molar-refractivity contribution >= 4 is 5.91 Å². The first kappa shape index (κ1) is 17.7. The Morgan fingerprint density at radius 2 is 1.72 bits per heavy atom. The summed E-state index contributed by atoms with van der Waals surface area (Å²) in [5.74, 6) is 0.398. The van der Waals surface area contributed by atoms with Crippen LogP contribution in [0.1, 0.15) is 29.5 Å². The summed E-state index contributed by atoms with van der Waals surface area (Å²) in [6.45, 7) is 5.90. The number of benzene rings is 2. The topological polar surface area (TPSA) is 32.3 Å². The Balaban J connectivity index is 1.39. The van der Waals surface area contributed by atoms with Gasteiger partial charge in [-0.05, 0) is 56.0 Å². The van der Waals surface area contributed by atoms with Crippen LogP contribution in [0.4, 0.5) is 0 Å². The van der Waals surface area contributed by atoms with E-state index in [4.69, 9.17) is 0 Å². The van der Waals surface area contributed by atoms with E-state index in [1.165, 1.54) is 16.7 Å². The van der Waals surface area contributed by atoms with Crippen LogP contribution < -0.4 is 5.32 Å². The van der Waals surface area contributed by atoms with Crippen molar-refractivity contribution in [2.75, 3.05) is 19.6 Å². The predicted octanol–water partition coefficient (Wildman–Crippen LogP) is 3.57. The van der Waals surface area contributed by atoms with Crippen LogP contribution in [0.5, 0.6) is 0 Å². The molecule has 3 nitrogen and oxygen atoms in total. The average molecular weight is 336 g/mol. The van der Waals surface area contributed by atoms with Crippen molar-refractivity contribution in [3.05, 3.63) is 71.3 Å². The molecule has 1 amide bonds. The molecular weight excluding hydrogens is 308 g/mol. The summed E-state index contributed by atoms with van der Waals surface area (Å²) in [6, 6.07) is 18.9. The molecule has 1 saturated heterocycles. The van der Waals surface area contributed by atoms with Gasteiger partial charge in [0.25, 0.3) is 0 Å². The van der Waals surface area contributed by atoms with Crippen molar-refractivity contribution in [2.45, 2.75) is 32.7 Å². The Bertz CT molecular complexity index is 675. The van der Waals surface area contributed by atoms with E-state index in [1.807, 2.05) is 18.2 Å². The van der Waals surface area contributed by atoms with Crippen LogP contribution in [-0.2, 0) is 17.8 Å². The maximum atomic E-state index is 12.4. The monoisotopic (exact) mass is 336 g/mol. The quantitative estimate of drug-likeness (QED) is 0.875. The predicted molar refractivity (Wildman–Crippen MR) is 102 cm³/mol. The molecular formula is C22H28N2O. The molecule has 1 fully saturated rings. The van der Waals surface area contributed by atoms with E-state index in [0.29, 0.717) is 0 Å². The number of carbonyl (C=O) groups is 1. The molecule has 0 aliphatic carbocycles. The van der Waals surface area contributed by atoms with E-state index in [-0.39, 0.29) is 11.8 Å². The largest absolute Gasteiger partial charge is 0.356 e. The smallest absolute Gasteiger partial charge is 0.223 e. The van der Waals surface area contributed by atoms with Crippen LogP contribution in [0.3, 0.4) is 0 Å². The fourth-order valence-corrected chi connectivity index (χ4v) is 3.50. The van der Waals surface area contributed by atoms with Crippen molar-refractivity contribution < 1.29 is 4.79 Å². The van der Waals surface area contributed by atoms with E-state index in [2.05, 4.69) is 53.5 Å². The van der Waals surface area contributed by atoms with E-state index < -0.39 is 0 Å². The first-order chi connectivity index (χ1) is 12.2. The van der Waals surface area contributed by atoms with Gasteiger partial charge in [-0.3, -0.25) is 9.69 Å². The van der Waals surface area contributed by atoms with Gasteiger partial charge in [-0.25, -0.2) is 0 Å². The normalized spacial score (nSPS) is 15.9. The number of hydrogen-bond donors (Lipinski definition) is 1. The third-order valence-corrected chi connectivity index (χ3v) is 5.17. The summed E-state index contributed by atoms with van der Waals surface area (Å²) < 4.78 is 0. The lowest BCUT2D eigenvalue weighted by Crippen LogP contribution is -2.40. The van der Waals surface area contributed by atoms with Crippen LogP contribution in [0.2, 0.25) is 0 Å². The summed E-state index contributed by atoms with van der Waals surface area (Å²) in [5.41, 5.74) is 4.02. The van der Waals surface area contributed by atoms with Gasteiger partial charge in [0.05, 0.1) is 0 Å². The molecule has 1 heterocycles. The van der Waals surface area contributed by atoms with E-state index >= 15 is 0 Å². The third kappa shape index (κ3) is 5.17. The van der Waals surface area contributed by atoms with Crippen LogP contribution in [0.25, 0.3) is 0 Å². The summed E-state index contributed by atoms with van der Waals surface area (Å²) in [7, 11) is 0. The second-order valence-electron chi connectivity index (χ2n) is 7.00. The highest BCUT2D eigenvalue weighted by Gasteiger charge is 2.24. The lowest BCUT2D eigenvalue weighted by Gasteiger charge is -2.31. The van der Waals surface area contributed by atoms with Crippen molar-refractivity contribution in [1.82, 2.24) is 10.2 Å². The first-order valence-electron chi connectivity index (χ1n) is 9.31. The minimum atomic E-state index is 0.170. The number of carbonyl (C=O) groups excluding carboxylic acids is 1. The molecule has 25 heavy (non-hydrogen) atoms. The number of likely N-dealkylation sites (tertiary alicyclic amines) is 1. The molecule has 0 spiro atoms. The number of piperidine rings is 1. The van der Waals surface area contributed by atoms with Gasteiger partial charge in [-0.15, -0.1) is 0 Å². The Morgan fingerprint density at radius 1 is 1.04 bits per heavy atom. The second-order valence-corrected chi connectivity index (χ2v) is 7.00. The third-order valence-electron chi connectivity index (χ3n) is 5.17. The van der Waals surface area contributed by atoms with Gasteiger partial charge >= 0.3 is 0 Å². The van der Waals surface area contributed by atoms with Crippen LogP contribution in [0, 0.1) is 12.8 Å². The summed E-state index contributed by atoms with van der Waals surface area (Å²) in [5, 5.41) is 3.12. The number of aryl methyl sites for hydroxylation is 1. The summed E-state index contributed by atoms with van der Waals surface area (Å²) in [6.07, 6.45) is 2.82. The highest BCUT2D eigenvalue weighted by molar-refractivity contribution is 5.78. The Kier molecular flexibility index (Phi) is 6.24. The molecule has 0 bridgehead atoms. The van der Waals surface area contributed by atoms with Crippen molar-refractivity contribution in [1.29, 1.82) is 0 Å². The van der Waals surface area contributed by atoms with Crippen LogP contribution in [-0.4, -0.2) is 30.4 Å². The lowest BCUT2D eigenvalue weighted by molar-refractivity contribution is -0.126. The molecule has 0 radical (unpaired) electrons.